The summed E-state index contributed by atoms with van der Waals surface area (Å²) in [6.07, 6.45) is 0. The van der Waals surface area contributed by atoms with Gasteiger partial charge in [0.15, 0.2) is 6.04 Å². The van der Waals surface area contributed by atoms with Crippen LogP contribution in [0.5, 0.6) is 0 Å². The number of rotatable bonds is 3. The molecular formula is C9H9BrN2O3. The van der Waals surface area contributed by atoms with Gasteiger partial charge in [0, 0.05) is 10.2 Å². The number of nitrogens with two attached hydrogens (primary N) is 1. The van der Waals surface area contributed by atoms with Crippen LogP contribution in [0.25, 0.3) is 0 Å². The number of carboxylic acids is 1. The van der Waals surface area contributed by atoms with E-state index in [0.717, 1.165) is 4.47 Å². The smallest absolute Gasteiger partial charge is 0.330 e. The molecular weight excluding hydrogens is 264 g/mol. The molecule has 80 valence electrons. The van der Waals surface area contributed by atoms with Crippen LogP contribution in [0.15, 0.2) is 28.7 Å². The van der Waals surface area contributed by atoms with Crippen molar-refractivity contribution in [2.24, 2.45) is 5.73 Å². The molecule has 1 unspecified atom stereocenters. The maximum Gasteiger partial charge on any atom is 0.330 e. The second kappa shape index (κ2) is 4.90. The number of carboxylic acid groups (broad SMARTS) is 1. The monoisotopic (exact) mass is 272 g/mol. The Morgan fingerprint density at radius 3 is 2.33 bits per heavy atom. The Bertz CT molecular complexity index is 377. The highest BCUT2D eigenvalue weighted by atomic mass is 79.9. The molecule has 0 aliphatic heterocycles. The minimum absolute atomic E-state index is 0.500. The van der Waals surface area contributed by atoms with Crippen molar-refractivity contribution in [1.82, 2.24) is 0 Å². The van der Waals surface area contributed by atoms with Crippen LogP contribution >= 0.6 is 15.9 Å². The number of hydrogen-bond donors (Lipinski definition) is 3. The van der Waals surface area contributed by atoms with Gasteiger partial charge in [-0.25, -0.2) is 4.79 Å². The van der Waals surface area contributed by atoms with Gasteiger partial charge in [0.2, 0.25) is 0 Å². The van der Waals surface area contributed by atoms with Gasteiger partial charge in [-0.3, -0.25) is 4.79 Å². The average Bonchev–Trinajstić information content (AvgIpc) is 2.20. The number of halogens is 1. The zero-order valence-electron chi connectivity index (χ0n) is 7.61. The highest BCUT2D eigenvalue weighted by Crippen LogP contribution is 2.14. The summed E-state index contributed by atoms with van der Waals surface area (Å²) in [6.45, 7) is 0. The van der Waals surface area contributed by atoms with Crippen LogP contribution in [0, 0.1) is 0 Å². The second-order valence-corrected chi connectivity index (χ2v) is 3.73. The van der Waals surface area contributed by atoms with Crippen molar-refractivity contribution in [3.8, 4) is 0 Å². The van der Waals surface area contributed by atoms with E-state index in [2.05, 4.69) is 21.2 Å². The van der Waals surface area contributed by atoms with E-state index in [-0.39, 0.29) is 0 Å². The normalized spacial score (nSPS) is 11.9. The van der Waals surface area contributed by atoms with E-state index in [1.807, 2.05) is 0 Å². The van der Waals surface area contributed by atoms with Crippen molar-refractivity contribution < 1.29 is 14.7 Å². The maximum absolute atomic E-state index is 11.2. The Morgan fingerprint density at radius 1 is 1.33 bits per heavy atom. The van der Waals surface area contributed by atoms with Gasteiger partial charge in [-0.05, 0) is 24.3 Å². The number of nitrogens with one attached hydrogen (secondary N) is 1. The summed E-state index contributed by atoms with van der Waals surface area (Å²) in [5.41, 5.74) is 5.62. The Kier molecular flexibility index (Phi) is 3.81. The van der Waals surface area contributed by atoms with Crippen LogP contribution in [0.2, 0.25) is 0 Å². The van der Waals surface area contributed by atoms with Gasteiger partial charge in [-0.1, -0.05) is 15.9 Å². The zero-order valence-corrected chi connectivity index (χ0v) is 9.19. The first-order valence-corrected chi connectivity index (χ1v) is 4.85. The Morgan fingerprint density at radius 2 is 1.87 bits per heavy atom. The lowest BCUT2D eigenvalue weighted by molar-refractivity contribution is -0.141. The number of aliphatic carboxylic acids is 1. The summed E-state index contributed by atoms with van der Waals surface area (Å²) in [5, 5.41) is 10.9. The van der Waals surface area contributed by atoms with Crippen LogP contribution in [0.3, 0.4) is 0 Å². The largest absolute Gasteiger partial charge is 0.480 e. The van der Waals surface area contributed by atoms with Gasteiger partial charge in [-0.15, -0.1) is 0 Å². The van der Waals surface area contributed by atoms with Crippen LogP contribution in [-0.4, -0.2) is 23.0 Å². The molecule has 0 saturated heterocycles. The first kappa shape index (κ1) is 11.7. The highest BCUT2D eigenvalue weighted by molar-refractivity contribution is 9.10. The molecule has 0 bridgehead atoms. The third-order valence-corrected chi connectivity index (χ3v) is 2.19. The maximum atomic E-state index is 11.2. The topological polar surface area (TPSA) is 92.4 Å². The first-order chi connectivity index (χ1) is 7.00. The van der Waals surface area contributed by atoms with Crippen molar-refractivity contribution >= 4 is 33.5 Å². The molecule has 6 heteroatoms. The quantitative estimate of drug-likeness (QED) is 0.710. The van der Waals surface area contributed by atoms with E-state index in [1.165, 1.54) is 0 Å². The van der Waals surface area contributed by atoms with E-state index in [0.29, 0.717) is 5.69 Å². The molecule has 1 amide bonds. The third-order valence-electron chi connectivity index (χ3n) is 1.66. The first-order valence-electron chi connectivity index (χ1n) is 4.05. The third kappa shape index (κ3) is 3.34. The van der Waals surface area contributed by atoms with Crippen molar-refractivity contribution in [3.05, 3.63) is 28.7 Å². The molecule has 0 aliphatic carbocycles. The summed E-state index contributed by atoms with van der Waals surface area (Å²) in [6, 6.07) is 5.17. The fraction of sp³-hybridized carbons (Fsp3) is 0.111. The Hall–Kier alpha value is -1.40. The van der Waals surface area contributed by atoms with Crippen LogP contribution in [0.4, 0.5) is 5.69 Å². The molecule has 15 heavy (non-hydrogen) atoms. The Labute approximate surface area is 94.4 Å². The van der Waals surface area contributed by atoms with Crippen molar-refractivity contribution in [1.29, 1.82) is 0 Å². The lowest BCUT2D eigenvalue weighted by Crippen LogP contribution is -2.42. The molecule has 0 aromatic heterocycles. The van der Waals surface area contributed by atoms with Crippen LogP contribution in [0.1, 0.15) is 0 Å². The summed E-state index contributed by atoms with van der Waals surface area (Å²) in [5.74, 6) is -2.10. The van der Waals surface area contributed by atoms with Gasteiger partial charge >= 0.3 is 5.97 Å². The van der Waals surface area contributed by atoms with Gasteiger partial charge < -0.3 is 16.2 Å². The van der Waals surface area contributed by atoms with Crippen molar-refractivity contribution in [2.75, 3.05) is 5.32 Å². The minimum Gasteiger partial charge on any atom is -0.480 e. The number of benzene rings is 1. The molecule has 0 heterocycles. The van der Waals surface area contributed by atoms with Crippen LogP contribution < -0.4 is 11.1 Å². The fourth-order valence-electron chi connectivity index (χ4n) is 0.865. The molecule has 1 aromatic carbocycles. The summed E-state index contributed by atoms with van der Waals surface area (Å²) in [4.78, 5) is 21.6. The van der Waals surface area contributed by atoms with Gasteiger partial charge in [0.1, 0.15) is 0 Å². The predicted octanol–water partition coefficient (Wildman–Crippen LogP) is 0.800. The molecule has 1 rings (SSSR count). The molecule has 0 radical (unpaired) electrons. The zero-order chi connectivity index (χ0) is 11.4. The lowest BCUT2D eigenvalue weighted by Gasteiger charge is -2.07. The summed E-state index contributed by atoms with van der Waals surface area (Å²) in [7, 11) is 0. The van der Waals surface area contributed by atoms with Gasteiger partial charge in [-0.2, -0.15) is 0 Å². The average molecular weight is 273 g/mol. The van der Waals surface area contributed by atoms with E-state index in [9.17, 15) is 9.59 Å². The van der Waals surface area contributed by atoms with E-state index < -0.39 is 17.9 Å². The standard InChI is InChI=1S/C9H9BrN2O3/c10-5-1-3-6(4-2-5)12-8(13)7(11)9(14)15/h1-4,7H,11H2,(H,12,13)(H,14,15). The molecule has 0 aliphatic rings. The van der Waals surface area contributed by atoms with E-state index >= 15 is 0 Å². The molecule has 5 nitrogen and oxygen atoms in total. The lowest BCUT2D eigenvalue weighted by atomic mass is 10.2. The second-order valence-electron chi connectivity index (χ2n) is 2.81. The van der Waals surface area contributed by atoms with E-state index in [4.69, 9.17) is 10.8 Å². The van der Waals surface area contributed by atoms with E-state index in [1.54, 1.807) is 24.3 Å². The molecule has 0 fully saturated rings. The van der Waals surface area contributed by atoms with Gasteiger partial charge in [0.05, 0.1) is 0 Å². The molecule has 1 atom stereocenters. The summed E-state index contributed by atoms with van der Waals surface area (Å²) < 4.78 is 0.864. The predicted molar refractivity (Wildman–Crippen MR) is 58.4 cm³/mol. The van der Waals surface area contributed by atoms with Crippen LogP contribution in [-0.2, 0) is 9.59 Å². The number of carbonyl (C=O) groups is 2. The summed E-state index contributed by atoms with van der Waals surface area (Å²) >= 11 is 3.23. The number of carbonyl (C=O) groups excluding carboxylic acids is 1. The number of amides is 1. The number of anilines is 1. The fourth-order valence-corrected chi connectivity index (χ4v) is 1.13. The molecule has 0 saturated carbocycles. The Balaban J connectivity index is 2.66. The van der Waals surface area contributed by atoms with Gasteiger partial charge in [0.25, 0.3) is 5.91 Å². The SMILES string of the molecule is NC(C(=O)O)C(=O)Nc1ccc(Br)cc1. The number of hydrogen-bond acceptors (Lipinski definition) is 3. The van der Waals surface area contributed by atoms with Crippen molar-refractivity contribution in [2.45, 2.75) is 6.04 Å². The minimum atomic E-state index is -1.55. The molecule has 4 N–H and O–H groups in total. The molecule has 0 spiro atoms. The molecule has 1 aromatic rings. The highest BCUT2D eigenvalue weighted by Gasteiger charge is 2.20. The van der Waals surface area contributed by atoms with Crippen molar-refractivity contribution in [3.63, 3.8) is 0 Å².